The smallest absolute Gasteiger partial charge is 0.309 e. The average Bonchev–Trinajstić information content (AvgIpc) is 1.86. The van der Waals surface area contributed by atoms with Crippen LogP contribution in [0.3, 0.4) is 0 Å². The Labute approximate surface area is 65.5 Å². The molecule has 1 atom stereocenters. The van der Waals surface area contributed by atoms with Crippen molar-refractivity contribution in [1.82, 2.24) is 0 Å². The molecule has 0 aliphatic carbocycles. The molecule has 0 heterocycles. The fourth-order valence-corrected chi connectivity index (χ4v) is 0.786. The van der Waals surface area contributed by atoms with Gasteiger partial charge in [-0.2, -0.15) is 0 Å². The standard InChI is InChI=1S/C7H14O4/c1-3-7(2,6(10)11)4-5(8)9/h5,8-9H,3-4H2,1-2H3,(H,10,11). The topological polar surface area (TPSA) is 77.8 Å². The van der Waals surface area contributed by atoms with E-state index in [0.29, 0.717) is 6.42 Å². The molecule has 0 aromatic rings. The highest BCUT2D eigenvalue weighted by Crippen LogP contribution is 2.26. The highest BCUT2D eigenvalue weighted by molar-refractivity contribution is 5.73. The summed E-state index contributed by atoms with van der Waals surface area (Å²) in [6, 6.07) is 0. The van der Waals surface area contributed by atoms with Crippen LogP contribution < -0.4 is 0 Å². The van der Waals surface area contributed by atoms with Gasteiger partial charge in [0, 0.05) is 6.42 Å². The van der Waals surface area contributed by atoms with Crippen molar-refractivity contribution in [2.75, 3.05) is 0 Å². The molecular formula is C7H14O4. The Bertz CT molecular complexity index is 143. The Kier molecular flexibility index (Phi) is 3.48. The van der Waals surface area contributed by atoms with Gasteiger partial charge in [-0.15, -0.1) is 0 Å². The number of hydrogen-bond acceptors (Lipinski definition) is 3. The summed E-state index contributed by atoms with van der Waals surface area (Å²) in [6.45, 7) is 3.20. The molecule has 4 nitrogen and oxygen atoms in total. The quantitative estimate of drug-likeness (QED) is 0.515. The maximum absolute atomic E-state index is 10.6. The first-order valence-corrected chi connectivity index (χ1v) is 3.52. The van der Waals surface area contributed by atoms with Crippen LogP contribution in [0.25, 0.3) is 0 Å². The van der Waals surface area contributed by atoms with Crippen molar-refractivity contribution in [3.05, 3.63) is 0 Å². The van der Waals surface area contributed by atoms with Gasteiger partial charge in [0.1, 0.15) is 0 Å². The fraction of sp³-hybridized carbons (Fsp3) is 0.857. The minimum Gasteiger partial charge on any atom is -0.481 e. The van der Waals surface area contributed by atoms with Gasteiger partial charge in [0.2, 0.25) is 0 Å². The van der Waals surface area contributed by atoms with Gasteiger partial charge in [-0.05, 0) is 13.3 Å². The highest BCUT2D eigenvalue weighted by Gasteiger charge is 2.32. The number of hydrogen-bond donors (Lipinski definition) is 3. The highest BCUT2D eigenvalue weighted by atomic mass is 16.5. The Morgan fingerprint density at radius 3 is 2.09 bits per heavy atom. The molecule has 0 saturated heterocycles. The Balaban J connectivity index is 4.22. The average molecular weight is 162 g/mol. The predicted octanol–water partition coefficient (Wildman–Crippen LogP) is 0.188. The lowest BCUT2D eigenvalue weighted by atomic mass is 9.84. The van der Waals surface area contributed by atoms with Gasteiger partial charge in [0.25, 0.3) is 0 Å². The summed E-state index contributed by atoms with van der Waals surface area (Å²) in [5.74, 6) is -0.992. The molecule has 0 aromatic carbocycles. The van der Waals surface area contributed by atoms with Crippen molar-refractivity contribution in [3.63, 3.8) is 0 Å². The van der Waals surface area contributed by atoms with E-state index < -0.39 is 17.7 Å². The third-order valence-electron chi connectivity index (χ3n) is 1.93. The minimum absolute atomic E-state index is 0.126. The largest absolute Gasteiger partial charge is 0.481 e. The van der Waals surface area contributed by atoms with Gasteiger partial charge in [-0.25, -0.2) is 0 Å². The second kappa shape index (κ2) is 3.69. The molecule has 0 rings (SSSR count). The summed E-state index contributed by atoms with van der Waals surface area (Å²) >= 11 is 0. The van der Waals surface area contributed by atoms with Crippen molar-refractivity contribution in [2.45, 2.75) is 33.0 Å². The first-order chi connectivity index (χ1) is 4.92. The molecule has 0 bridgehead atoms. The van der Waals surface area contributed by atoms with Gasteiger partial charge >= 0.3 is 5.97 Å². The molecule has 1 unspecified atom stereocenters. The summed E-state index contributed by atoms with van der Waals surface area (Å²) in [5.41, 5.74) is -1.02. The molecule has 66 valence electrons. The van der Waals surface area contributed by atoms with E-state index in [9.17, 15) is 4.79 Å². The normalized spacial score (nSPS) is 16.5. The zero-order valence-corrected chi connectivity index (χ0v) is 6.74. The minimum atomic E-state index is -1.55. The van der Waals surface area contributed by atoms with Crippen molar-refractivity contribution in [1.29, 1.82) is 0 Å². The fourth-order valence-electron chi connectivity index (χ4n) is 0.786. The Hall–Kier alpha value is -0.610. The van der Waals surface area contributed by atoms with Crippen LogP contribution in [0.1, 0.15) is 26.7 Å². The number of carbonyl (C=O) groups is 1. The van der Waals surface area contributed by atoms with Gasteiger partial charge in [-0.1, -0.05) is 6.92 Å². The van der Waals surface area contributed by atoms with Crippen LogP contribution >= 0.6 is 0 Å². The van der Waals surface area contributed by atoms with Crippen molar-refractivity contribution >= 4 is 5.97 Å². The van der Waals surface area contributed by atoms with Gasteiger partial charge < -0.3 is 15.3 Å². The number of aliphatic hydroxyl groups excluding tert-OH is 1. The molecular weight excluding hydrogens is 148 g/mol. The number of rotatable bonds is 4. The summed E-state index contributed by atoms with van der Waals surface area (Å²) in [5, 5.41) is 25.8. The van der Waals surface area contributed by atoms with Crippen LogP contribution in [0.4, 0.5) is 0 Å². The second-order valence-electron chi connectivity index (χ2n) is 2.90. The van der Waals surface area contributed by atoms with Crippen LogP contribution in [0.2, 0.25) is 0 Å². The molecule has 4 heteroatoms. The third-order valence-corrected chi connectivity index (χ3v) is 1.93. The van der Waals surface area contributed by atoms with E-state index >= 15 is 0 Å². The number of carboxylic acid groups (broad SMARTS) is 1. The molecule has 0 radical (unpaired) electrons. The number of aliphatic hydroxyl groups is 2. The summed E-state index contributed by atoms with van der Waals surface area (Å²) in [4.78, 5) is 10.6. The lowest BCUT2D eigenvalue weighted by Crippen LogP contribution is -2.31. The van der Waals surface area contributed by atoms with E-state index in [1.54, 1.807) is 6.92 Å². The molecule has 0 fully saturated rings. The van der Waals surface area contributed by atoms with Crippen LogP contribution in [0, 0.1) is 5.41 Å². The van der Waals surface area contributed by atoms with Crippen molar-refractivity contribution < 1.29 is 20.1 Å². The molecule has 3 N–H and O–H groups in total. The molecule has 0 aromatic heterocycles. The lowest BCUT2D eigenvalue weighted by Gasteiger charge is -2.23. The molecule has 0 amide bonds. The van der Waals surface area contributed by atoms with E-state index in [4.69, 9.17) is 15.3 Å². The maximum atomic E-state index is 10.6. The maximum Gasteiger partial charge on any atom is 0.309 e. The van der Waals surface area contributed by atoms with Crippen LogP contribution in [0.5, 0.6) is 0 Å². The predicted molar refractivity (Wildman–Crippen MR) is 38.9 cm³/mol. The monoisotopic (exact) mass is 162 g/mol. The zero-order chi connectivity index (χ0) is 9.07. The molecule has 0 aliphatic rings. The molecule has 0 aliphatic heterocycles. The second-order valence-corrected chi connectivity index (χ2v) is 2.90. The van der Waals surface area contributed by atoms with Gasteiger partial charge in [0.15, 0.2) is 6.29 Å². The Morgan fingerprint density at radius 1 is 1.55 bits per heavy atom. The van der Waals surface area contributed by atoms with E-state index in [2.05, 4.69) is 0 Å². The van der Waals surface area contributed by atoms with E-state index in [1.165, 1.54) is 6.92 Å². The SMILES string of the molecule is CCC(C)(CC(O)O)C(=O)O. The van der Waals surface area contributed by atoms with Crippen LogP contribution in [0.15, 0.2) is 0 Å². The van der Waals surface area contributed by atoms with Gasteiger partial charge in [0.05, 0.1) is 5.41 Å². The summed E-state index contributed by atoms with van der Waals surface area (Å²) < 4.78 is 0. The third kappa shape index (κ3) is 2.86. The first-order valence-electron chi connectivity index (χ1n) is 3.52. The lowest BCUT2D eigenvalue weighted by molar-refractivity contribution is -0.155. The Morgan fingerprint density at radius 2 is 2.00 bits per heavy atom. The van der Waals surface area contributed by atoms with Crippen molar-refractivity contribution in [3.8, 4) is 0 Å². The number of carboxylic acids is 1. The van der Waals surface area contributed by atoms with Crippen molar-refractivity contribution in [2.24, 2.45) is 5.41 Å². The zero-order valence-electron chi connectivity index (χ0n) is 6.74. The molecule has 0 spiro atoms. The van der Waals surface area contributed by atoms with E-state index in [0.717, 1.165) is 0 Å². The molecule has 11 heavy (non-hydrogen) atoms. The van der Waals surface area contributed by atoms with E-state index in [1.807, 2.05) is 0 Å². The molecule has 0 saturated carbocycles. The summed E-state index contributed by atoms with van der Waals surface area (Å²) in [7, 11) is 0. The van der Waals surface area contributed by atoms with Gasteiger partial charge in [-0.3, -0.25) is 4.79 Å². The van der Waals surface area contributed by atoms with Crippen LogP contribution in [-0.4, -0.2) is 27.6 Å². The van der Waals surface area contributed by atoms with Crippen LogP contribution in [-0.2, 0) is 4.79 Å². The summed E-state index contributed by atoms with van der Waals surface area (Å²) in [6.07, 6.45) is -1.28. The number of aliphatic carboxylic acids is 1. The first kappa shape index (κ1) is 10.4. The van der Waals surface area contributed by atoms with E-state index in [-0.39, 0.29) is 6.42 Å².